The molecule has 4 nitrogen and oxygen atoms in total. The largest absolute Gasteiger partial charge is 0.506 e. The van der Waals surface area contributed by atoms with Gasteiger partial charge in [-0.2, -0.15) is 26.3 Å². The van der Waals surface area contributed by atoms with Gasteiger partial charge in [0, 0.05) is 24.1 Å². The van der Waals surface area contributed by atoms with Gasteiger partial charge in [-0.25, -0.2) is 0 Å². The van der Waals surface area contributed by atoms with Gasteiger partial charge in [-0.15, -0.1) is 0 Å². The Labute approximate surface area is 197 Å². The van der Waals surface area contributed by atoms with E-state index in [1.165, 1.54) is 12.1 Å². The number of hydrogen-bond donors (Lipinski definition) is 3. The average Bonchev–Trinajstić information content (AvgIpc) is 2.72. The molecule has 1 unspecified atom stereocenters. The Kier molecular flexibility index (Phi) is 8.02. The van der Waals surface area contributed by atoms with Crippen molar-refractivity contribution in [3.05, 3.63) is 63.7 Å². The number of carbonyl (C=O) groups is 1. The number of alkyl halides is 6. The van der Waals surface area contributed by atoms with Gasteiger partial charge in [-0.3, -0.25) is 4.79 Å². The van der Waals surface area contributed by atoms with E-state index in [-0.39, 0.29) is 29.3 Å². The fraction of sp³-hybridized carbons (Fsp3) is 0.435. The highest BCUT2D eigenvalue weighted by Crippen LogP contribution is 2.36. The van der Waals surface area contributed by atoms with Crippen molar-refractivity contribution < 1.29 is 36.2 Å². The third kappa shape index (κ3) is 6.79. The van der Waals surface area contributed by atoms with Gasteiger partial charge in [0.05, 0.1) is 16.1 Å². The molecule has 1 atom stereocenters. The molecule has 1 aliphatic carbocycles. The second-order valence-corrected chi connectivity index (χ2v) is 8.69. The summed E-state index contributed by atoms with van der Waals surface area (Å²) >= 11 is 5.85. The van der Waals surface area contributed by atoms with Crippen molar-refractivity contribution in [2.45, 2.75) is 50.0 Å². The minimum absolute atomic E-state index is 0.0256. The number of phenolic OH excluding ortho intramolecular Hbond substituents is 1. The van der Waals surface area contributed by atoms with Crippen molar-refractivity contribution in [1.29, 1.82) is 0 Å². The van der Waals surface area contributed by atoms with E-state index in [2.05, 4.69) is 10.6 Å². The molecule has 0 aromatic heterocycles. The molecular formula is C23H23ClF6N2O2. The van der Waals surface area contributed by atoms with E-state index in [0.717, 1.165) is 19.3 Å². The van der Waals surface area contributed by atoms with Crippen molar-refractivity contribution >= 4 is 17.5 Å². The number of carbonyl (C=O) groups excluding carboxylic acids is 1. The van der Waals surface area contributed by atoms with Gasteiger partial charge in [0.1, 0.15) is 5.75 Å². The normalized spacial score (nSPS) is 15.6. The molecule has 11 heteroatoms. The van der Waals surface area contributed by atoms with Crippen LogP contribution in [0.1, 0.15) is 58.6 Å². The predicted octanol–water partition coefficient (Wildman–Crippen LogP) is 6.13. The second kappa shape index (κ2) is 10.4. The minimum Gasteiger partial charge on any atom is -0.506 e. The van der Waals surface area contributed by atoms with Crippen molar-refractivity contribution in [1.82, 2.24) is 10.6 Å². The third-order valence-electron chi connectivity index (χ3n) is 5.83. The lowest BCUT2D eigenvalue weighted by atomic mass is 9.91. The fourth-order valence-electron chi connectivity index (χ4n) is 3.65. The highest BCUT2D eigenvalue weighted by molar-refractivity contribution is 6.32. The van der Waals surface area contributed by atoms with E-state index in [1.54, 1.807) is 6.07 Å². The number of hydrogen-bond acceptors (Lipinski definition) is 3. The molecule has 0 aliphatic heterocycles. The van der Waals surface area contributed by atoms with Gasteiger partial charge in [0.15, 0.2) is 0 Å². The van der Waals surface area contributed by atoms with Crippen LogP contribution in [0.5, 0.6) is 5.75 Å². The summed E-state index contributed by atoms with van der Waals surface area (Å²) in [5.41, 5.74) is -3.24. The Hall–Kier alpha value is -2.46. The van der Waals surface area contributed by atoms with Crippen LogP contribution in [-0.4, -0.2) is 30.1 Å². The van der Waals surface area contributed by atoms with Gasteiger partial charge in [-0.05, 0) is 61.7 Å². The Morgan fingerprint density at radius 1 is 1.03 bits per heavy atom. The highest BCUT2D eigenvalue weighted by atomic mass is 35.5. The monoisotopic (exact) mass is 508 g/mol. The van der Waals surface area contributed by atoms with E-state index in [0.29, 0.717) is 36.7 Å². The maximum Gasteiger partial charge on any atom is 0.416 e. The number of aromatic hydroxyl groups is 1. The molecule has 1 aliphatic rings. The maximum atomic E-state index is 13.1. The Morgan fingerprint density at radius 3 is 2.15 bits per heavy atom. The van der Waals surface area contributed by atoms with Gasteiger partial charge in [-0.1, -0.05) is 24.1 Å². The molecule has 186 valence electrons. The zero-order valence-electron chi connectivity index (χ0n) is 17.9. The van der Waals surface area contributed by atoms with E-state index >= 15 is 0 Å². The van der Waals surface area contributed by atoms with Crippen LogP contribution in [0.3, 0.4) is 0 Å². The first kappa shape index (κ1) is 26.2. The SMILES string of the molecule is O=C(NCC(CCNC1CCC1)c1ccc(Cl)c(O)c1)c1cc(C(F)(F)F)cc(C(F)(F)F)c1. The summed E-state index contributed by atoms with van der Waals surface area (Å²) in [6.45, 7) is 0.514. The van der Waals surface area contributed by atoms with Crippen molar-refractivity contribution in [2.24, 2.45) is 0 Å². The Morgan fingerprint density at radius 2 is 1.65 bits per heavy atom. The van der Waals surface area contributed by atoms with Crippen LogP contribution >= 0.6 is 11.6 Å². The van der Waals surface area contributed by atoms with Crippen molar-refractivity contribution in [2.75, 3.05) is 13.1 Å². The molecule has 2 aromatic carbocycles. The summed E-state index contributed by atoms with van der Waals surface area (Å²) in [4.78, 5) is 12.6. The number of nitrogens with one attached hydrogen (secondary N) is 2. The molecular weight excluding hydrogens is 486 g/mol. The molecule has 0 saturated heterocycles. The first-order chi connectivity index (χ1) is 15.8. The van der Waals surface area contributed by atoms with E-state index < -0.39 is 35.0 Å². The molecule has 1 saturated carbocycles. The van der Waals surface area contributed by atoms with Gasteiger partial charge in [0.25, 0.3) is 5.91 Å². The van der Waals surface area contributed by atoms with Crippen molar-refractivity contribution in [3.63, 3.8) is 0 Å². The summed E-state index contributed by atoms with van der Waals surface area (Å²) in [6, 6.07) is 5.71. The van der Waals surface area contributed by atoms with Crippen LogP contribution < -0.4 is 10.6 Å². The zero-order valence-corrected chi connectivity index (χ0v) is 18.6. The molecule has 1 fully saturated rings. The molecule has 3 rings (SSSR count). The van der Waals surface area contributed by atoms with E-state index in [9.17, 15) is 36.2 Å². The Bertz CT molecular complexity index is 989. The van der Waals surface area contributed by atoms with Crippen LogP contribution in [0, 0.1) is 0 Å². The summed E-state index contributed by atoms with van der Waals surface area (Å²) in [5, 5.41) is 15.9. The summed E-state index contributed by atoms with van der Waals surface area (Å²) < 4.78 is 78.6. The number of halogens is 7. The minimum atomic E-state index is -5.05. The van der Waals surface area contributed by atoms with Crippen LogP contribution in [-0.2, 0) is 12.4 Å². The number of rotatable bonds is 8. The highest BCUT2D eigenvalue weighted by Gasteiger charge is 2.37. The molecule has 3 N–H and O–H groups in total. The first-order valence-electron chi connectivity index (χ1n) is 10.6. The standard InChI is InChI=1S/C23H23ClF6N2O2/c24-19-5-4-13(10-20(19)33)14(6-7-31-18-2-1-3-18)12-32-21(34)15-8-16(22(25,26)27)11-17(9-15)23(28,29)30/h4-5,8-11,14,18,31,33H,1-3,6-7,12H2,(H,32,34). The molecule has 0 spiro atoms. The zero-order chi connectivity index (χ0) is 25.1. The van der Waals surface area contributed by atoms with Gasteiger partial charge >= 0.3 is 12.4 Å². The molecule has 1 amide bonds. The number of amides is 1. The molecule has 0 bridgehead atoms. The van der Waals surface area contributed by atoms with Crippen LogP contribution in [0.15, 0.2) is 36.4 Å². The third-order valence-corrected chi connectivity index (χ3v) is 6.15. The average molecular weight is 509 g/mol. The van der Waals surface area contributed by atoms with Crippen molar-refractivity contribution in [3.8, 4) is 5.75 Å². The van der Waals surface area contributed by atoms with Crippen LogP contribution in [0.25, 0.3) is 0 Å². The first-order valence-corrected chi connectivity index (χ1v) is 11.0. The molecule has 34 heavy (non-hydrogen) atoms. The second-order valence-electron chi connectivity index (χ2n) is 8.28. The smallest absolute Gasteiger partial charge is 0.416 e. The summed E-state index contributed by atoms with van der Waals surface area (Å²) in [5.74, 6) is -1.60. The van der Waals surface area contributed by atoms with E-state index in [4.69, 9.17) is 11.6 Å². The summed E-state index contributed by atoms with van der Waals surface area (Å²) in [7, 11) is 0. The molecule has 2 aromatic rings. The van der Waals surface area contributed by atoms with Gasteiger partial charge in [0.2, 0.25) is 0 Å². The summed E-state index contributed by atoms with van der Waals surface area (Å²) in [6.07, 6.45) is -6.34. The fourth-order valence-corrected chi connectivity index (χ4v) is 3.77. The topological polar surface area (TPSA) is 61.4 Å². The lowest BCUT2D eigenvalue weighted by molar-refractivity contribution is -0.143. The number of phenols is 1. The van der Waals surface area contributed by atoms with Crippen LogP contribution in [0.2, 0.25) is 5.02 Å². The molecule has 0 heterocycles. The number of benzene rings is 2. The van der Waals surface area contributed by atoms with Crippen LogP contribution in [0.4, 0.5) is 26.3 Å². The lowest BCUT2D eigenvalue weighted by Crippen LogP contribution is -2.37. The van der Waals surface area contributed by atoms with Gasteiger partial charge < -0.3 is 15.7 Å². The quantitative estimate of drug-likeness (QED) is 0.376. The lowest BCUT2D eigenvalue weighted by Gasteiger charge is -2.28. The predicted molar refractivity (Wildman–Crippen MR) is 115 cm³/mol. The Balaban J connectivity index is 1.77. The maximum absolute atomic E-state index is 13.1. The van der Waals surface area contributed by atoms with E-state index in [1.807, 2.05) is 0 Å². The molecule has 0 radical (unpaired) electrons.